The van der Waals surface area contributed by atoms with Crippen molar-refractivity contribution in [1.29, 1.82) is 0 Å². The highest BCUT2D eigenvalue weighted by Crippen LogP contribution is 2.36. The molecule has 1 unspecified atom stereocenters. The van der Waals surface area contributed by atoms with Gasteiger partial charge in [-0.05, 0) is 12.1 Å². The Hall–Kier alpha value is -3.08. The van der Waals surface area contributed by atoms with Crippen LogP contribution in [0.25, 0.3) is 0 Å². The van der Waals surface area contributed by atoms with E-state index in [1.807, 2.05) is 0 Å². The monoisotopic (exact) mass is 408 g/mol. The van der Waals surface area contributed by atoms with Crippen LogP contribution in [-0.4, -0.2) is 55.1 Å². The number of para-hydroxylation sites is 2. The molecule has 2 heterocycles. The van der Waals surface area contributed by atoms with Gasteiger partial charge in [-0.25, -0.2) is 13.2 Å². The number of fused-ring (bicyclic) bond motifs is 1. The maximum absolute atomic E-state index is 13.3. The minimum absolute atomic E-state index is 0.208. The second kappa shape index (κ2) is 6.82. The van der Waals surface area contributed by atoms with E-state index in [-0.39, 0.29) is 18.0 Å². The van der Waals surface area contributed by atoms with Crippen molar-refractivity contribution < 1.29 is 17.9 Å². The van der Waals surface area contributed by atoms with E-state index in [0.29, 0.717) is 0 Å². The number of rotatable bonds is 3. The summed E-state index contributed by atoms with van der Waals surface area (Å²) in [6.07, 6.45) is -0.0861. The van der Waals surface area contributed by atoms with E-state index < -0.39 is 38.2 Å². The van der Waals surface area contributed by atoms with Crippen molar-refractivity contribution in [3.63, 3.8) is 0 Å². The zero-order valence-electron chi connectivity index (χ0n) is 15.8. The van der Waals surface area contributed by atoms with Crippen LogP contribution in [0.4, 0.5) is 5.69 Å². The van der Waals surface area contributed by atoms with Gasteiger partial charge >= 0.3 is 5.69 Å². The number of sulfonamides is 1. The molecule has 1 aromatic heterocycles. The summed E-state index contributed by atoms with van der Waals surface area (Å²) in [5, 5.41) is 0. The number of likely N-dealkylation sites (N-methyl/N-ethyl adjacent to an activating group) is 1. The first-order chi connectivity index (χ1) is 13.1. The number of aromatic nitrogens is 2. The van der Waals surface area contributed by atoms with Crippen LogP contribution in [0.2, 0.25) is 0 Å². The van der Waals surface area contributed by atoms with E-state index >= 15 is 0 Å². The van der Waals surface area contributed by atoms with Gasteiger partial charge in [0.25, 0.3) is 21.5 Å². The smallest absolute Gasteiger partial charge is 0.330 e. The quantitative estimate of drug-likeness (QED) is 0.653. The van der Waals surface area contributed by atoms with E-state index in [4.69, 9.17) is 4.74 Å². The molecule has 3 rings (SSSR count). The highest BCUT2D eigenvalue weighted by molar-refractivity contribution is 7.92. The molecule has 0 bridgehead atoms. The van der Waals surface area contributed by atoms with E-state index in [0.717, 1.165) is 19.6 Å². The van der Waals surface area contributed by atoms with Crippen LogP contribution in [0.15, 0.2) is 44.9 Å². The van der Waals surface area contributed by atoms with Crippen molar-refractivity contribution in [2.75, 3.05) is 24.9 Å². The van der Waals surface area contributed by atoms with Gasteiger partial charge in [-0.15, -0.1) is 0 Å². The summed E-state index contributed by atoms with van der Waals surface area (Å²) in [4.78, 5) is 37.6. The molecule has 10 nitrogen and oxygen atoms in total. The summed E-state index contributed by atoms with van der Waals surface area (Å²) < 4.78 is 35.1. The molecule has 0 fully saturated rings. The molecule has 1 atom stereocenters. The van der Waals surface area contributed by atoms with E-state index in [1.54, 1.807) is 18.2 Å². The van der Waals surface area contributed by atoms with Crippen molar-refractivity contribution in [2.45, 2.75) is 11.0 Å². The number of benzene rings is 1. The Morgan fingerprint density at radius 1 is 1.18 bits per heavy atom. The number of anilines is 1. The fraction of sp³-hybridized carbons (Fsp3) is 0.353. The lowest BCUT2D eigenvalue weighted by Crippen LogP contribution is -2.51. The van der Waals surface area contributed by atoms with E-state index in [1.165, 1.54) is 39.2 Å². The first kappa shape index (κ1) is 19.7. The Labute approximate surface area is 161 Å². The van der Waals surface area contributed by atoms with E-state index in [2.05, 4.69) is 0 Å². The van der Waals surface area contributed by atoms with Gasteiger partial charge in [0.1, 0.15) is 5.75 Å². The normalized spacial score (nSPS) is 16.3. The van der Waals surface area contributed by atoms with Gasteiger partial charge in [-0.1, -0.05) is 12.1 Å². The Morgan fingerprint density at radius 3 is 2.46 bits per heavy atom. The predicted octanol–water partition coefficient (Wildman–Crippen LogP) is -0.871. The van der Waals surface area contributed by atoms with Crippen LogP contribution < -0.4 is 20.3 Å². The maximum Gasteiger partial charge on any atom is 0.330 e. The number of amides is 1. The Bertz CT molecular complexity index is 1160. The maximum atomic E-state index is 13.3. The molecule has 1 amide bonds. The Balaban J connectivity index is 2.20. The number of aryl methyl sites for hydroxylation is 1. The SMILES string of the molecule is CN(C)C(=O)C1CN(S(=O)(=O)c2cn(C)c(=O)n(C)c2=O)c2ccccc2O1. The second-order valence-corrected chi connectivity index (χ2v) is 8.42. The molecule has 0 aliphatic carbocycles. The van der Waals surface area contributed by atoms with Crippen LogP contribution in [0, 0.1) is 0 Å². The topological polar surface area (TPSA) is 111 Å². The predicted molar refractivity (Wildman–Crippen MR) is 101 cm³/mol. The summed E-state index contributed by atoms with van der Waals surface area (Å²) in [5.74, 6) is -0.206. The molecule has 0 saturated carbocycles. The summed E-state index contributed by atoms with van der Waals surface area (Å²) in [6, 6.07) is 6.34. The first-order valence-corrected chi connectivity index (χ1v) is 9.76. The van der Waals surface area contributed by atoms with Crippen molar-refractivity contribution in [1.82, 2.24) is 14.0 Å². The highest BCUT2D eigenvalue weighted by Gasteiger charge is 2.39. The van der Waals surface area contributed by atoms with Crippen molar-refractivity contribution in [3.8, 4) is 5.75 Å². The minimum Gasteiger partial charge on any atom is -0.476 e. The van der Waals surface area contributed by atoms with E-state index in [9.17, 15) is 22.8 Å². The number of carbonyl (C=O) groups is 1. The molecule has 0 saturated heterocycles. The zero-order valence-corrected chi connectivity index (χ0v) is 16.6. The van der Waals surface area contributed by atoms with Crippen LogP contribution in [-0.2, 0) is 28.9 Å². The van der Waals surface area contributed by atoms with Gasteiger partial charge in [0.05, 0.1) is 12.2 Å². The highest BCUT2D eigenvalue weighted by atomic mass is 32.2. The third kappa shape index (κ3) is 3.07. The molecule has 2 aromatic rings. The Kier molecular flexibility index (Phi) is 4.79. The zero-order chi connectivity index (χ0) is 20.8. The fourth-order valence-corrected chi connectivity index (χ4v) is 4.54. The number of hydrogen-bond acceptors (Lipinski definition) is 6. The molecule has 11 heteroatoms. The van der Waals surface area contributed by atoms with Gasteiger partial charge in [-0.3, -0.25) is 18.5 Å². The van der Waals surface area contributed by atoms with Crippen LogP contribution in [0.5, 0.6) is 5.75 Å². The molecular formula is C17H20N4O6S. The molecule has 0 spiro atoms. The number of ether oxygens (including phenoxy) is 1. The summed E-state index contributed by atoms with van der Waals surface area (Å²) in [5.41, 5.74) is -1.38. The van der Waals surface area contributed by atoms with Crippen molar-refractivity contribution >= 4 is 21.6 Å². The average Bonchev–Trinajstić information content (AvgIpc) is 2.67. The minimum atomic E-state index is -4.37. The van der Waals surface area contributed by atoms with Crippen molar-refractivity contribution in [3.05, 3.63) is 51.3 Å². The summed E-state index contributed by atoms with van der Waals surface area (Å²) in [6.45, 7) is -0.303. The molecule has 150 valence electrons. The van der Waals surface area contributed by atoms with Gasteiger partial charge in [0.2, 0.25) is 0 Å². The third-order valence-electron chi connectivity index (χ3n) is 4.43. The molecule has 1 aromatic carbocycles. The van der Waals surface area contributed by atoms with Crippen molar-refractivity contribution in [2.24, 2.45) is 14.1 Å². The molecule has 1 aliphatic rings. The van der Waals surface area contributed by atoms with Crippen LogP contribution in [0.3, 0.4) is 0 Å². The number of carbonyl (C=O) groups excluding carboxylic acids is 1. The first-order valence-electron chi connectivity index (χ1n) is 8.32. The second-order valence-electron chi connectivity index (χ2n) is 6.59. The molecular weight excluding hydrogens is 388 g/mol. The summed E-state index contributed by atoms with van der Waals surface area (Å²) >= 11 is 0. The largest absolute Gasteiger partial charge is 0.476 e. The Morgan fingerprint density at radius 2 is 1.82 bits per heavy atom. The molecule has 28 heavy (non-hydrogen) atoms. The molecule has 0 N–H and O–H groups in total. The van der Waals surface area contributed by atoms with Gasteiger partial charge in [0, 0.05) is 34.4 Å². The van der Waals surface area contributed by atoms with Gasteiger partial charge in [-0.2, -0.15) is 0 Å². The standard InChI is InChI=1S/C17H20N4O6S/c1-18(2)15(22)13-9-21(11-7-5-6-8-12(11)27-13)28(25,26)14-10-19(3)17(24)20(4)16(14)23/h5-8,10,13H,9H2,1-4H3. The van der Waals surface area contributed by atoms with Crippen LogP contribution in [0.1, 0.15) is 0 Å². The fourth-order valence-electron chi connectivity index (χ4n) is 2.92. The van der Waals surface area contributed by atoms with Gasteiger partial charge < -0.3 is 14.2 Å². The van der Waals surface area contributed by atoms with Gasteiger partial charge in [0.15, 0.2) is 11.0 Å². The molecule has 0 radical (unpaired) electrons. The summed E-state index contributed by atoms with van der Waals surface area (Å²) in [7, 11) is 1.26. The lowest BCUT2D eigenvalue weighted by atomic mass is 10.2. The average molecular weight is 408 g/mol. The number of nitrogens with zero attached hydrogens (tertiary/aromatic N) is 4. The third-order valence-corrected chi connectivity index (χ3v) is 6.20. The molecule has 1 aliphatic heterocycles. The lowest BCUT2D eigenvalue weighted by molar-refractivity contribution is -0.135. The lowest BCUT2D eigenvalue weighted by Gasteiger charge is -2.35. The van der Waals surface area contributed by atoms with Crippen LogP contribution >= 0.6 is 0 Å². The number of hydrogen-bond donors (Lipinski definition) is 0.